The highest BCUT2D eigenvalue weighted by Gasteiger charge is 2.44. The zero-order chi connectivity index (χ0) is 21.0. The minimum Gasteiger partial charge on any atom is -0.468 e. The summed E-state index contributed by atoms with van der Waals surface area (Å²) in [5.41, 5.74) is 3.22. The molecular weight excluding hydrogens is 372 g/mol. The number of carbonyl (C=O) groups is 2. The van der Waals surface area contributed by atoms with Crippen LogP contribution in [0.15, 0.2) is 47.2 Å². The van der Waals surface area contributed by atoms with Crippen LogP contribution in [0.2, 0.25) is 0 Å². The molecule has 152 valence electrons. The minimum atomic E-state index is -0.705. The summed E-state index contributed by atoms with van der Waals surface area (Å²) in [5.74, 6) is -2.19. The quantitative estimate of drug-likeness (QED) is 0.721. The number of methoxy groups -OCH3 is 2. The molecule has 0 bridgehead atoms. The summed E-state index contributed by atoms with van der Waals surface area (Å²) in [5, 5.41) is 9.11. The standard InChI is InChI=1S/C22H24N2O5/c1-14-12-17(24-8-10-29-11-9-24)20(22(26)28-3)19(18(14)21(25)27-2)16-6-4-15(13-23)5-7-16/h4-7,12,19-20H,8-11H2,1-3H3/t19-,20+/m0/s1. The third kappa shape index (κ3) is 4.03. The summed E-state index contributed by atoms with van der Waals surface area (Å²) in [6.07, 6.45) is 1.87. The summed E-state index contributed by atoms with van der Waals surface area (Å²) in [4.78, 5) is 27.7. The molecule has 1 saturated heterocycles. The third-order valence-corrected chi connectivity index (χ3v) is 5.39. The molecule has 2 atom stereocenters. The van der Waals surface area contributed by atoms with E-state index in [9.17, 15) is 9.59 Å². The first-order valence-corrected chi connectivity index (χ1v) is 9.43. The molecule has 0 spiro atoms. The van der Waals surface area contributed by atoms with Gasteiger partial charge in [-0.3, -0.25) is 4.79 Å². The van der Waals surface area contributed by atoms with Gasteiger partial charge in [-0.15, -0.1) is 0 Å². The van der Waals surface area contributed by atoms with Gasteiger partial charge in [0.2, 0.25) is 0 Å². The molecule has 7 heteroatoms. The normalized spacial score (nSPS) is 21.9. The van der Waals surface area contributed by atoms with Crippen LogP contribution in [-0.2, 0) is 23.8 Å². The van der Waals surface area contributed by atoms with E-state index < -0.39 is 23.8 Å². The van der Waals surface area contributed by atoms with Gasteiger partial charge in [0.25, 0.3) is 0 Å². The van der Waals surface area contributed by atoms with E-state index in [1.54, 1.807) is 24.3 Å². The highest BCUT2D eigenvalue weighted by Crippen LogP contribution is 2.44. The van der Waals surface area contributed by atoms with Gasteiger partial charge in [-0.2, -0.15) is 5.26 Å². The van der Waals surface area contributed by atoms with Crippen LogP contribution in [0.25, 0.3) is 0 Å². The number of nitriles is 1. The zero-order valence-electron chi connectivity index (χ0n) is 16.8. The van der Waals surface area contributed by atoms with Gasteiger partial charge in [-0.1, -0.05) is 12.1 Å². The molecule has 1 aromatic carbocycles. The molecule has 0 aromatic heterocycles. The van der Waals surface area contributed by atoms with Crippen molar-refractivity contribution in [3.05, 3.63) is 58.3 Å². The average molecular weight is 396 g/mol. The number of carbonyl (C=O) groups excluding carboxylic acids is 2. The highest BCUT2D eigenvalue weighted by atomic mass is 16.5. The molecule has 3 rings (SSSR count). The summed E-state index contributed by atoms with van der Waals surface area (Å²) >= 11 is 0. The third-order valence-electron chi connectivity index (χ3n) is 5.39. The number of esters is 2. The number of hydrogen-bond donors (Lipinski definition) is 0. The second-order valence-electron chi connectivity index (χ2n) is 6.97. The Hall–Kier alpha value is -3.11. The van der Waals surface area contributed by atoms with Crippen molar-refractivity contribution in [2.75, 3.05) is 40.5 Å². The maximum Gasteiger partial charge on any atom is 0.334 e. The summed E-state index contributed by atoms with van der Waals surface area (Å²) in [6, 6.07) is 9.00. The largest absolute Gasteiger partial charge is 0.468 e. The molecule has 0 amide bonds. The van der Waals surface area contributed by atoms with Crippen LogP contribution >= 0.6 is 0 Å². The van der Waals surface area contributed by atoms with Crippen molar-refractivity contribution in [1.29, 1.82) is 5.26 Å². The van der Waals surface area contributed by atoms with E-state index in [4.69, 9.17) is 19.5 Å². The molecule has 0 N–H and O–H groups in total. The van der Waals surface area contributed by atoms with Gasteiger partial charge < -0.3 is 19.1 Å². The molecule has 1 fully saturated rings. The van der Waals surface area contributed by atoms with Crippen molar-refractivity contribution in [3.63, 3.8) is 0 Å². The topological polar surface area (TPSA) is 88.9 Å². The Bertz CT molecular complexity index is 889. The number of nitrogens with zero attached hydrogens (tertiary/aromatic N) is 2. The monoisotopic (exact) mass is 396 g/mol. The lowest BCUT2D eigenvalue weighted by Gasteiger charge is -2.40. The predicted molar refractivity (Wildman–Crippen MR) is 105 cm³/mol. The molecular formula is C22H24N2O5. The first-order chi connectivity index (χ1) is 14.0. The van der Waals surface area contributed by atoms with E-state index in [2.05, 4.69) is 11.0 Å². The Morgan fingerprint density at radius 2 is 1.79 bits per heavy atom. The molecule has 1 aromatic rings. The van der Waals surface area contributed by atoms with E-state index in [-0.39, 0.29) is 0 Å². The van der Waals surface area contributed by atoms with Crippen molar-refractivity contribution < 1.29 is 23.8 Å². The second-order valence-corrected chi connectivity index (χ2v) is 6.97. The fraction of sp³-hybridized carbons (Fsp3) is 0.409. The smallest absolute Gasteiger partial charge is 0.334 e. The van der Waals surface area contributed by atoms with E-state index >= 15 is 0 Å². The van der Waals surface area contributed by atoms with Crippen molar-refractivity contribution in [2.45, 2.75) is 12.8 Å². The Balaban J connectivity index is 2.18. The lowest BCUT2D eigenvalue weighted by molar-refractivity contribution is -0.145. The van der Waals surface area contributed by atoms with E-state index in [1.807, 2.05) is 13.0 Å². The Kier molecular flexibility index (Phi) is 6.35. The highest BCUT2D eigenvalue weighted by molar-refractivity contribution is 5.94. The fourth-order valence-corrected chi connectivity index (χ4v) is 3.99. The number of allylic oxidation sites excluding steroid dienone is 2. The van der Waals surface area contributed by atoms with Crippen LogP contribution in [0.4, 0.5) is 0 Å². The van der Waals surface area contributed by atoms with Crippen LogP contribution in [0.1, 0.15) is 24.0 Å². The predicted octanol–water partition coefficient (Wildman–Crippen LogP) is 2.15. The van der Waals surface area contributed by atoms with Gasteiger partial charge in [0.15, 0.2) is 0 Å². The lowest BCUT2D eigenvalue weighted by Crippen LogP contribution is -2.43. The van der Waals surface area contributed by atoms with Gasteiger partial charge in [-0.05, 0) is 36.3 Å². The molecule has 0 unspecified atom stereocenters. The molecule has 2 aliphatic rings. The van der Waals surface area contributed by atoms with Crippen molar-refractivity contribution >= 4 is 11.9 Å². The molecule has 0 radical (unpaired) electrons. The Morgan fingerprint density at radius 1 is 1.14 bits per heavy atom. The first-order valence-electron chi connectivity index (χ1n) is 9.43. The van der Waals surface area contributed by atoms with Gasteiger partial charge in [0, 0.05) is 30.3 Å². The molecule has 7 nitrogen and oxygen atoms in total. The van der Waals surface area contributed by atoms with E-state index in [1.165, 1.54) is 14.2 Å². The number of rotatable bonds is 4. The number of ether oxygens (including phenoxy) is 3. The van der Waals surface area contributed by atoms with Crippen LogP contribution in [0.3, 0.4) is 0 Å². The van der Waals surface area contributed by atoms with Gasteiger partial charge in [0.05, 0.1) is 39.1 Å². The zero-order valence-corrected chi connectivity index (χ0v) is 16.8. The summed E-state index contributed by atoms with van der Waals surface area (Å²) in [7, 11) is 2.67. The van der Waals surface area contributed by atoms with Crippen LogP contribution in [0, 0.1) is 17.2 Å². The van der Waals surface area contributed by atoms with Gasteiger partial charge in [0.1, 0.15) is 5.92 Å². The minimum absolute atomic E-state index is 0.421. The van der Waals surface area contributed by atoms with Crippen LogP contribution in [0.5, 0.6) is 0 Å². The van der Waals surface area contributed by atoms with Crippen molar-refractivity contribution in [2.24, 2.45) is 5.92 Å². The lowest BCUT2D eigenvalue weighted by atomic mass is 9.73. The summed E-state index contributed by atoms with van der Waals surface area (Å²) in [6.45, 7) is 4.29. The van der Waals surface area contributed by atoms with E-state index in [0.717, 1.165) is 16.8 Å². The Labute approximate surface area is 170 Å². The number of hydrogen-bond acceptors (Lipinski definition) is 7. The molecule has 1 aliphatic heterocycles. The van der Waals surface area contributed by atoms with Crippen LogP contribution in [-0.4, -0.2) is 57.4 Å². The van der Waals surface area contributed by atoms with Crippen LogP contribution < -0.4 is 0 Å². The maximum absolute atomic E-state index is 12.9. The maximum atomic E-state index is 12.9. The first kappa shape index (κ1) is 20.6. The Morgan fingerprint density at radius 3 is 2.34 bits per heavy atom. The van der Waals surface area contributed by atoms with E-state index in [0.29, 0.717) is 37.4 Å². The number of benzene rings is 1. The molecule has 1 heterocycles. The molecule has 0 saturated carbocycles. The average Bonchev–Trinajstić information content (AvgIpc) is 2.78. The van der Waals surface area contributed by atoms with Crippen molar-refractivity contribution in [1.82, 2.24) is 4.90 Å². The SMILES string of the molecule is COC(=O)C1=C(C)C=C(N2CCOCC2)[C@@H](C(=O)OC)[C@H]1c1ccc(C#N)cc1. The van der Waals surface area contributed by atoms with Gasteiger partial charge >= 0.3 is 11.9 Å². The van der Waals surface area contributed by atoms with Gasteiger partial charge in [-0.25, -0.2) is 4.79 Å². The second kappa shape index (κ2) is 8.93. The fourth-order valence-electron chi connectivity index (χ4n) is 3.99. The van der Waals surface area contributed by atoms with Crippen molar-refractivity contribution in [3.8, 4) is 6.07 Å². The number of morpholine rings is 1. The molecule has 1 aliphatic carbocycles. The summed E-state index contributed by atoms with van der Waals surface area (Å²) < 4.78 is 15.6. The molecule has 29 heavy (non-hydrogen) atoms.